The van der Waals surface area contributed by atoms with E-state index in [9.17, 15) is 50.7 Å². The second kappa shape index (κ2) is 33.6. The van der Waals surface area contributed by atoms with Crippen molar-refractivity contribution in [3.63, 3.8) is 0 Å². The van der Waals surface area contributed by atoms with E-state index in [2.05, 4.69) is 85.7 Å². The van der Waals surface area contributed by atoms with E-state index in [4.69, 9.17) is 35.3 Å². The molecule has 2 aromatic carbocycles. The Morgan fingerprint density at radius 3 is 1.37 bits per heavy atom. The fourth-order valence-electron chi connectivity index (χ4n) is 11.4. The number of fused-ring (bicyclic) bond motifs is 2. The third-order valence-electron chi connectivity index (χ3n) is 17.1. The number of carbonyl (C=O) groups is 6. The van der Waals surface area contributed by atoms with Crippen LogP contribution in [0, 0.1) is 10.8 Å². The minimum absolute atomic E-state index is 0.0637. The maximum atomic E-state index is 14.5. The molecule has 6 amide bonds. The molecule has 4 aliphatic rings. The Bertz CT molecular complexity index is 3930. The van der Waals surface area contributed by atoms with Crippen molar-refractivity contribution in [2.24, 2.45) is 10.8 Å². The van der Waals surface area contributed by atoms with Crippen LogP contribution < -0.4 is 44.9 Å². The SMILES string of the molecule is C=CC[C@@](C)(NC[C@@H]1C[C@@H](O)CN1C(=O)[C@@H](NC(=O)OC(C)(C)C)C(C)(C)C)C(=O)NS(=O)(=O)C1CC1.C=CC[C@@](C)(NC[C@@H]1C[C@@H](Oc2nc(Br)c(OC)c3ccccc23)CN1C(=O)[C@@H](NC(=O)OC(C)(C)C)C(C)(C)C)C(=O)NS(=O)(=O)C1CC1.COc1c(Br)nc(Cl)c2ccccc12. The van der Waals surface area contributed by atoms with Crippen LogP contribution in [0.15, 0.2) is 83.0 Å². The molecular formula is C70H101Br2ClN10O16S2. The molecule has 4 fully saturated rings. The normalized spacial score (nSPS) is 19.8. The Morgan fingerprint density at radius 1 is 0.604 bits per heavy atom. The Hall–Kier alpha value is -6.41. The van der Waals surface area contributed by atoms with E-state index < -0.39 is 124 Å². The van der Waals surface area contributed by atoms with Crippen molar-refractivity contribution in [2.45, 2.75) is 217 Å². The number of rotatable bonds is 24. The minimum Gasteiger partial charge on any atom is -0.493 e. The van der Waals surface area contributed by atoms with Crippen LogP contribution in [-0.2, 0) is 48.7 Å². The minimum atomic E-state index is -3.80. The molecule has 0 unspecified atom stereocenters. The molecule has 2 aliphatic carbocycles. The molecule has 0 spiro atoms. The lowest BCUT2D eigenvalue weighted by molar-refractivity contribution is -0.138. The molecule has 0 radical (unpaired) electrons. The van der Waals surface area contributed by atoms with Crippen molar-refractivity contribution in [1.29, 1.82) is 0 Å². The van der Waals surface area contributed by atoms with Crippen LogP contribution in [0.2, 0.25) is 5.15 Å². The molecule has 101 heavy (non-hydrogen) atoms. The number of ether oxygens (including phenoxy) is 5. The number of nitrogens with zero attached hydrogens (tertiary/aromatic N) is 4. The van der Waals surface area contributed by atoms with E-state index >= 15 is 0 Å². The highest BCUT2D eigenvalue weighted by molar-refractivity contribution is 9.10. The molecule has 4 aromatic rings. The summed E-state index contributed by atoms with van der Waals surface area (Å²) in [5.74, 6) is -0.525. The van der Waals surface area contributed by atoms with Gasteiger partial charge < -0.3 is 59.9 Å². The van der Waals surface area contributed by atoms with Crippen LogP contribution in [0.3, 0.4) is 0 Å². The first kappa shape index (κ1) is 83.5. The number of alkyl carbamates (subject to hydrolysis) is 2. The summed E-state index contributed by atoms with van der Waals surface area (Å²) in [5.41, 5.74) is -5.54. The van der Waals surface area contributed by atoms with Gasteiger partial charge in [-0.1, -0.05) is 108 Å². The van der Waals surface area contributed by atoms with Gasteiger partial charge in [-0.05, 0) is 149 Å². The number of carbonyl (C=O) groups excluding carboxylic acids is 6. The van der Waals surface area contributed by atoms with Crippen molar-refractivity contribution in [3.8, 4) is 17.4 Å². The highest BCUT2D eigenvalue weighted by Crippen LogP contribution is 2.40. The standard InChI is InChI=1S/C35H50BrN5O8S.C25H44N4O7S.C10H7BrClNO/c1-10-17-35(8,31(43)40-50(45,46)23-15-16-23)37-19-21-18-22(48-29-25-14-12-11-13-24(25)26(47-9)28(36)39-29)20-41(21)30(42)27(33(2,3)4)38-32(44)49-34(5,6)7;1-9-12-25(8,21(32)28-37(34,35)18-10-11-18)26-14-16-13-17(30)15-29(16)20(31)19(23(2,3)4)27-22(33)36-24(5,6)7;1-14-8-6-4-2-3-5-7(6)10(12)13-9(8)11/h10-14,21-23,27,37H,1,15-20H2,2-9H3,(H,38,44)(H,40,43);9,16-19,26,30H,1,10-15H2,2-8H3,(H,27,33)(H,28,32);2-5H,1H3/t21-,22+,27+,35+;16-,17+,19+,25+;/m00./s1. The maximum Gasteiger partial charge on any atom is 0.408 e. The number of amides is 6. The van der Waals surface area contributed by atoms with Crippen molar-refractivity contribution in [1.82, 2.24) is 50.5 Å². The lowest BCUT2D eigenvalue weighted by atomic mass is 9.85. The van der Waals surface area contributed by atoms with Gasteiger partial charge in [0.25, 0.3) is 11.8 Å². The van der Waals surface area contributed by atoms with Gasteiger partial charge in [0.1, 0.15) is 39.1 Å². The average Bonchev–Trinajstić information content (AvgIpc) is 1.43. The van der Waals surface area contributed by atoms with E-state index in [0.29, 0.717) is 63.8 Å². The smallest absolute Gasteiger partial charge is 0.408 e. The van der Waals surface area contributed by atoms with Crippen molar-refractivity contribution in [2.75, 3.05) is 40.4 Å². The van der Waals surface area contributed by atoms with E-state index in [0.717, 1.165) is 21.5 Å². The summed E-state index contributed by atoms with van der Waals surface area (Å²) in [7, 11) is -4.37. The number of halogens is 3. The fourth-order valence-corrected chi connectivity index (χ4v) is 15.7. The number of aliphatic hydroxyl groups excluding tert-OH is 1. The van der Waals surface area contributed by atoms with Crippen LogP contribution in [0.1, 0.15) is 148 Å². The molecule has 2 saturated heterocycles. The number of aromatic nitrogens is 2. The van der Waals surface area contributed by atoms with Crippen LogP contribution in [0.5, 0.6) is 17.4 Å². The Morgan fingerprint density at radius 2 is 0.980 bits per heavy atom. The monoisotopic (exact) mass is 1590 g/mol. The molecule has 8 rings (SSSR count). The number of β-amino-alcohol motifs (C(OH)–C–C–N with tert-alkyl or cyclic N) is 1. The lowest BCUT2D eigenvalue weighted by Gasteiger charge is -2.37. The van der Waals surface area contributed by atoms with Crippen molar-refractivity contribution in [3.05, 3.63) is 88.2 Å². The van der Waals surface area contributed by atoms with Crippen LogP contribution in [0.4, 0.5) is 9.59 Å². The van der Waals surface area contributed by atoms with E-state index in [1.807, 2.05) is 90.1 Å². The first-order valence-corrected chi connectivity index (χ1v) is 38.5. The number of pyridine rings is 2. The molecule has 7 N–H and O–H groups in total. The zero-order valence-electron chi connectivity index (χ0n) is 60.6. The average molecular weight is 1600 g/mol. The molecule has 2 aliphatic heterocycles. The fraction of sp³-hybridized carbons (Fsp3) is 0.600. The van der Waals surface area contributed by atoms with Gasteiger partial charge in [-0.3, -0.25) is 28.6 Å². The lowest BCUT2D eigenvalue weighted by Crippen LogP contribution is -2.60. The molecule has 8 atom stereocenters. The number of hydrogen-bond donors (Lipinski definition) is 7. The van der Waals surface area contributed by atoms with Gasteiger partial charge in [0.2, 0.25) is 37.7 Å². The zero-order chi connectivity index (χ0) is 75.8. The zero-order valence-corrected chi connectivity index (χ0v) is 66.2. The van der Waals surface area contributed by atoms with Gasteiger partial charge in [-0.15, -0.1) is 13.2 Å². The number of nitrogens with one attached hydrogen (secondary N) is 6. The van der Waals surface area contributed by atoms with Gasteiger partial charge in [-0.2, -0.15) is 0 Å². The van der Waals surface area contributed by atoms with Gasteiger partial charge in [0.15, 0.2) is 16.1 Å². The topological polar surface area (TPSA) is 342 Å². The summed E-state index contributed by atoms with van der Waals surface area (Å²) in [6.45, 7) is 32.5. The maximum absolute atomic E-state index is 14.5. The summed E-state index contributed by atoms with van der Waals surface area (Å²) in [5, 5.41) is 24.9. The Kier molecular flexibility index (Phi) is 27.8. The van der Waals surface area contributed by atoms with Crippen molar-refractivity contribution < 1.29 is 74.4 Å². The number of hydrogen-bond acceptors (Lipinski definition) is 20. The number of aliphatic hydroxyl groups is 1. The van der Waals surface area contributed by atoms with E-state index in [1.54, 1.807) is 80.6 Å². The summed E-state index contributed by atoms with van der Waals surface area (Å²) in [6.07, 6.45) is 3.24. The number of sulfonamides is 2. The van der Waals surface area contributed by atoms with Crippen molar-refractivity contribution >= 4 is 121 Å². The molecule has 0 bridgehead atoms. The van der Waals surface area contributed by atoms with Crippen LogP contribution >= 0.6 is 43.5 Å². The van der Waals surface area contributed by atoms with E-state index in [-0.39, 0.29) is 57.3 Å². The molecule has 2 aromatic heterocycles. The Labute approximate surface area is 616 Å². The first-order chi connectivity index (χ1) is 46.7. The highest BCUT2D eigenvalue weighted by atomic mass is 79.9. The largest absolute Gasteiger partial charge is 0.493 e. The predicted octanol–water partition coefficient (Wildman–Crippen LogP) is 9.91. The molecule has 2 saturated carbocycles. The quantitative estimate of drug-likeness (QED) is 0.0253. The summed E-state index contributed by atoms with van der Waals surface area (Å²) < 4.78 is 83.6. The second-order valence-corrected chi connectivity index (χ2v) is 36.1. The number of likely N-dealkylation sites (tertiary alicyclic amines) is 2. The third-order valence-corrected chi connectivity index (χ3v) is 22.1. The molecule has 31 heteroatoms. The van der Waals surface area contributed by atoms with Gasteiger partial charge >= 0.3 is 12.2 Å². The summed E-state index contributed by atoms with van der Waals surface area (Å²) in [4.78, 5) is 91.8. The second-order valence-electron chi connectivity index (χ2n) is 30.4. The van der Waals surface area contributed by atoms with Gasteiger partial charge in [0, 0.05) is 59.7 Å². The highest BCUT2D eigenvalue weighted by Gasteiger charge is 2.48. The third kappa shape index (κ3) is 22.8. The molecular weight excluding hydrogens is 1500 g/mol. The Balaban J connectivity index is 0.000000273. The molecule has 560 valence electrons. The number of benzene rings is 2. The molecule has 4 heterocycles. The van der Waals surface area contributed by atoms with E-state index in [1.165, 1.54) is 11.0 Å². The summed E-state index contributed by atoms with van der Waals surface area (Å²) >= 11 is 12.8. The van der Waals surface area contributed by atoms with Gasteiger partial charge in [0.05, 0.1) is 48.4 Å². The summed E-state index contributed by atoms with van der Waals surface area (Å²) in [6, 6.07) is 12.3. The first-order valence-electron chi connectivity index (χ1n) is 33.4. The predicted molar refractivity (Wildman–Crippen MR) is 395 cm³/mol. The van der Waals surface area contributed by atoms with Crippen LogP contribution in [0.25, 0.3) is 21.5 Å². The van der Waals surface area contributed by atoms with Crippen LogP contribution in [-0.4, -0.2) is 187 Å². The molecule has 26 nitrogen and oxygen atoms in total. The number of methoxy groups -OCH3 is 2. The van der Waals surface area contributed by atoms with Gasteiger partial charge in [-0.25, -0.2) is 36.4 Å².